The number of anilines is 1. The summed E-state index contributed by atoms with van der Waals surface area (Å²) in [5.74, 6) is -1.16. The van der Waals surface area contributed by atoms with E-state index in [1.54, 1.807) is 13.0 Å². The van der Waals surface area contributed by atoms with Crippen molar-refractivity contribution in [2.45, 2.75) is 39.7 Å². The molecule has 2 unspecified atom stereocenters. The van der Waals surface area contributed by atoms with Crippen molar-refractivity contribution in [1.29, 1.82) is 0 Å². The Kier molecular flexibility index (Phi) is 6.68. The number of halogens is 1. The number of hydrogen-bond acceptors (Lipinski definition) is 2. The van der Waals surface area contributed by atoms with Crippen LogP contribution in [0.4, 0.5) is 10.5 Å². The Hall–Kier alpha value is -1.56. The summed E-state index contributed by atoms with van der Waals surface area (Å²) in [5.41, 5.74) is 1.67. The largest absolute Gasteiger partial charge is 0.480 e. The molecule has 2 atom stereocenters. The molecule has 0 saturated heterocycles. The summed E-state index contributed by atoms with van der Waals surface area (Å²) in [4.78, 5) is 23.2. The van der Waals surface area contributed by atoms with Gasteiger partial charge >= 0.3 is 12.0 Å². The maximum Gasteiger partial charge on any atom is 0.326 e. The second-order valence-electron chi connectivity index (χ2n) is 4.95. The van der Waals surface area contributed by atoms with Crippen molar-refractivity contribution in [3.63, 3.8) is 0 Å². The van der Waals surface area contributed by atoms with Crippen molar-refractivity contribution in [1.82, 2.24) is 5.32 Å². The van der Waals surface area contributed by atoms with Crippen LogP contribution >= 0.6 is 15.9 Å². The van der Waals surface area contributed by atoms with Crippen LogP contribution < -0.4 is 10.6 Å². The highest BCUT2D eigenvalue weighted by molar-refractivity contribution is 9.10. The average molecular weight is 357 g/mol. The predicted octanol–water partition coefficient (Wildman–Crippen LogP) is 3.63. The van der Waals surface area contributed by atoms with Gasteiger partial charge in [0.1, 0.15) is 6.04 Å². The molecule has 0 aliphatic heterocycles. The van der Waals surface area contributed by atoms with E-state index in [4.69, 9.17) is 0 Å². The normalized spacial score (nSPS) is 13.3. The van der Waals surface area contributed by atoms with Gasteiger partial charge in [-0.2, -0.15) is 0 Å². The van der Waals surface area contributed by atoms with Crippen LogP contribution in [0.2, 0.25) is 0 Å². The number of aryl methyl sites for hydroxylation is 1. The first kappa shape index (κ1) is 17.5. The zero-order chi connectivity index (χ0) is 16.0. The molecule has 0 spiro atoms. The number of aliphatic carboxylic acids is 1. The maximum atomic E-state index is 12.0. The molecule has 0 aliphatic rings. The SMILES string of the molecule is CCc1cc(Br)ccc1NC(=O)NC(C(=O)O)C(C)CC. The van der Waals surface area contributed by atoms with Gasteiger partial charge in [0.05, 0.1) is 0 Å². The third-order valence-electron chi connectivity index (χ3n) is 3.46. The van der Waals surface area contributed by atoms with E-state index in [2.05, 4.69) is 26.6 Å². The number of carbonyl (C=O) groups excluding carboxylic acids is 1. The van der Waals surface area contributed by atoms with E-state index in [1.165, 1.54) is 0 Å². The molecule has 1 rings (SSSR count). The monoisotopic (exact) mass is 356 g/mol. The number of urea groups is 1. The van der Waals surface area contributed by atoms with Gasteiger partial charge in [-0.15, -0.1) is 0 Å². The molecule has 3 N–H and O–H groups in total. The van der Waals surface area contributed by atoms with E-state index in [0.29, 0.717) is 12.1 Å². The standard InChI is InChI=1S/C15H21BrN2O3/c1-4-9(3)13(14(19)20)18-15(21)17-12-7-6-11(16)8-10(12)5-2/h6-9,13H,4-5H2,1-3H3,(H,19,20)(H2,17,18,21). The quantitative estimate of drug-likeness (QED) is 0.727. The highest BCUT2D eigenvalue weighted by Gasteiger charge is 2.25. The van der Waals surface area contributed by atoms with Crippen molar-refractivity contribution < 1.29 is 14.7 Å². The predicted molar refractivity (Wildman–Crippen MR) is 86.6 cm³/mol. The molecule has 1 aromatic carbocycles. The number of carboxylic acids is 1. The molecule has 0 bridgehead atoms. The molecule has 21 heavy (non-hydrogen) atoms. The first-order valence-corrected chi connectivity index (χ1v) is 7.77. The number of benzene rings is 1. The Labute approximate surface area is 133 Å². The van der Waals surface area contributed by atoms with Gasteiger partial charge in [-0.3, -0.25) is 0 Å². The molecule has 116 valence electrons. The first-order valence-electron chi connectivity index (χ1n) is 6.97. The smallest absolute Gasteiger partial charge is 0.326 e. The number of hydrogen-bond donors (Lipinski definition) is 3. The summed E-state index contributed by atoms with van der Waals surface area (Å²) in [7, 11) is 0. The number of carbonyl (C=O) groups is 2. The van der Waals surface area contributed by atoms with E-state index in [1.807, 2.05) is 26.0 Å². The maximum absolute atomic E-state index is 12.0. The van der Waals surface area contributed by atoms with Gasteiger partial charge < -0.3 is 15.7 Å². The zero-order valence-electron chi connectivity index (χ0n) is 12.4. The van der Waals surface area contributed by atoms with Crippen LogP contribution in [0.1, 0.15) is 32.8 Å². The van der Waals surface area contributed by atoms with Crippen molar-refractivity contribution >= 4 is 33.6 Å². The Morgan fingerprint density at radius 3 is 2.52 bits per heavy atom. The van der Waals surface area contributed by atoms with Gasteiger partial charge in [0.2, 0.25) is 0 Å². The van der Waals surface area contributed by atoms with Crippen molar-refractivity contribution in [3.05, 3.63) is 28.2 Å². The summed E-state index contributed by atoms with van der Waals surface area (Å²) < 4.78 is 0.938. The second kappa shape index (κ2) is 8.02. The molecule has 5 nitrogen and oxygen atoms in total. The minimum Gasteiger partial charge on any atom is -0.480 e. The number of carboxylic acid groups (broad SMARTS) is 1. The molecule has 0 heterocycles. The van der Waals surface area contributed by atoms with Crippen LogP contribution in [-0.2, 0) is 11.2 Å². The molecule has 2 amide bonds. The molecule has 0 fully saturated rings. The van der Waals surface area contributed by atoms with Crippen LogP contribution in [0.3, 0.4) is 0 Å². The Bertz CT molecular complexity index is 520. The topological polar surface area (TPSA) is 78.4 Å². The third kappa shape index (κ3) is 5.04. The Morgan fingerprint density at radius 2 is 2.00 bits per heavy atom. The fourth-order valence-electron chi connectivity index (χ4n) is 1.96. The first-order chi connectivity index (χ1) is 9.88. The Balaban J connectivity index is 2.79. The molecule has 0 aliphatic carbocycles. The lowest BCUT2D eigenvalue weighted by Gasteiger charge is -2.21. The van der Waals surface area contributed by atoms with E-state index >= 15 is 0 Å². The van der Waals surface area contributed by atoms with E-state index in [0.717, 1.165) is 16.5 Å². The van der Waals surface area contributed by atoms with Gasteiger partial charge in [0.15, 0.2) is 0 Å². The summed E-state index contributed by atoms with van der Waals surface area (Å²) in [6.07, 6.45) is 1.44. The van der Waals surface area contributed by atoms with Gasteiger partial charge in [0.25, 0.3) is 0 Å². The van der Waals surface area contributed by atoms with Crippen LogP contribution in [0.15, 0.2) is 22.7 Å². The summed E-state index contributed by atoms with van der Waals surface area (Å²) in [6.45, 7) is 5.68. The number of rotatable bonds is 6. The van der Waals surface area contributed by atoms with Crippen molar-refractivity contribution in [2.24, 2.45) is 5.92 Å². The summed E-state index contributed by atoms with van der Waals surface area (Å²) in [6, 6.07) is 4.16. The minimum absolute atomic E-state index is 0.135. The highest BCUT2D eigenvalue weighted by atomic mass is 79.9. The van der Waals surface area contributed by atoms with Crippen LogP contribution in [0, 0.1) is 5.92 Å². The van der Waals surface area contributed by atoms with Gasteiger partial charge in [0, 0.05) is 10.2 Å². The summed E-state index contributed by atoms with van der Waals surface area (Å²) in [5, 5.41) is 14.4. The second-order valence-corrected chi connectivity index (χ2v) is 5.87. The van der Waals surface area contributed by atoms with Gasteiger partial charge in [-0.05, 0) is 36.1 Å². The molecule has 0 aromatic heterocycles. The molecular weight excluding hydrogens is 336 g/mol. The zero-order valence-corrected chi connectivity index (χ0v) is 14.0. The van der Waals surface area contributed by atoms with E-state index in [9.17, 15) is 14.7 Å². The lowest BCUT2D eigenvalue weighted by atomic mass is 9.99. The highest BCUT2D eigenvalue weighted by Crippen LogP contribution is 2.21. The van der Waals surface area contributed by atoms with E-state index < -0.39 is 18.0 Å². The fourth-order valence-corrected chi connectivity index (χ4v) is 2.37. The lowest BCUT2D eigenvalue weighted by molar-refractivity contribution is -0.140. The Morgan fingerprint density at radius 1 is 1.33 bits per heavy atom. The number of amides is 2. The number of nitrogens with one attached hydrogen (secondary N) is 2. The molecular formula is C15H21BrN2O3. The van der Waals surface area contributed by atoms with Crippen molar-refractivity contribution in [2.75, 3.05) is 5.32 Å². The fraction of sp³-hybridized carbons (Fsp3) is 0.467. The average Bonchev–Trinajstić information content (AvgIpc) is 2.45. The van der Waals surface area contributed by atoms with Gasteiger partial charge in [-0.25, -0.2) is 9.59 Å². The van der Waals surface area contributed by atoms with Crippen LogP contribution in [0.5, 0.6) is 0 Å². The molecule has 6 heteroatoms. The third-order valence-corrected chi connectivity index (χ3v) is 3.96. The summed E-state index contributed by atoms with van der Waals surface area (Å²) >= 11 is 3.39. The van der Waals surface area contributed by atoms with Gasteiger partial charge in [-0.1, -0.05) is 43.1 Å². The molecule has 0 radical (unpaired) electrons. The lowest BCUT2D eigenvalue weighted by Crippen LogP contribution is -2.46. The van der Waals surface area contributed by atoms with Crippen molar-refractivity contribution in [3.8, 4) is 0 Å². The van der Waals surface area contributed by atoms with Crippen LogP contribution in [-0.4, -0.2) is 23.1 Å². The minimum atomic E-state index is -1.02. The molecule has 1 aromatic rings. The molecule has 0 saturated carbocycles. The van der Waals surface area contributed by atoms with E-state index in [-0.39, 0.29) is 5.92 Å². The van der Waals surface area contributed by atoms with Crippen LogP contribution in [0.25, 0.3) is 0 Å².